The van der Waals surface area contributed by atoms with Crippen LogP contribution in [0.2, 0.25) is 0 Å². The second-order valence-corrected chi connectivity index (χ2v) is 5.23. The molecule has 0 aliphatic carbocycles. The van der Waals surface area contributed by atoms with E-state index in [-0.39, 0.29) is 5.56 Å². The van der Waals surface area contributed by atoms with Crippen molar-refractivity contribution in [1.29, 1.82) is 0 Å². The standard InChI is InChI=1S/C19H21NO3/c1-2-3-4-13-23-18-11-9-17(10-12-18)20-14-15-5-7-16(8-6-15)19(21)22/h5-12,14H,2-4,13H2,1H3,(H,21,22). The topological polar surface area (TPSA) is 58.9 Å². The fourth-order valence-electron chi connectivity index (χ4n) is 2.03. The molecule has 2 aromatic rings. The molecule has 0 heterocycles. The number of ether oxygens (including phenoxy) is 1. The van der Waals surface area contributed by atoms with Crippen LogP contribution >= 0.6 is 0 Å². The van der Waals surface area contributed by atoms with Gasteiger partial charge in [-0.1, -0.05) is 31.9 Å². The molecule has 0 unspecified atom stereocenters. The first-order valence-electron chi connectivity index (χ1n) is 7.79. The Hall–Kier alpha value is -2.62. The lowest BCUT2D eigenvalue weighted by Gasteiger charge is -2.05. The maximum atomic E-state index is 10.8. The van der Waals surface area contributed by atoms with E-state index in [0.717, 1.165) is 30.0 Å². The molecule has 4 heteroatoms. The second-order valence-electron chi connectivity index (χ2n) is 5.23. The molecule has 0 saturated heterocycles. The highest BCUT2D eigenvalue weighted by Crippen LogP contribution is 2.18. The Kier molecular flexibility index (Phi) is 6.36. The maximum absolute atomic E-state index is 10.8. The van der Waals surface area contributed by atoms with Crippen molar-refractivity contribution in [3.63, 3.8) is 0 Å². The molecule has 0 amide bonds. The van der Waals surface area contributed by atoms with E-state index >= 15 is 0 Å². The molecule has 0 aliphatic heterocycles. The molecular formula is C19H21NO3. The molecule has 0 radical (unpaired) electrons. The van der Waals surface area contributed by atoms with Crippen LogP contribution in [0.5, 0.6) is 5.75 Å². The van der Waals surface area contributed by atoms with Crippen LogP contribution in [0.4, 0.5) is 5.69 Å². The molecule has 4 nitrogen and oxygen atoms in total. The predicted molar refractivity (Wildman–Crippen MR) is 92.1 cm³/mol. The first-order chi connectivity index (χ1) is 11.2. The number of benzene rings is 2. The van der Waals surface area contributed by atoms with Crippen molar-refractivity contribution in [2.45, 2.75) is 26.2 Å². The van der Waals surface area contributed by atoms with E-state index in [1.54, 1.807) is 30.5 Å². The lowest BCUT2D eigenvalue weighted by molar-refractivity contribution is 0.0697. The van der Waals surface area contributed by atoms with Gasteiger partial charge in [0.15, 0.2) is 0 Å². The van der Waals surface area contributed by atoms with Crippen LogP contribution in [0.15, 0.2) is 53.5 Å². The predicted octanol–water partition coefficient (Wildman–Crippen LogP) is 4.70. The van der Waals surface area contributed by atoms with Gasteiger partial charge in [0, 0.05) is 6.21 Å². The normalized spacial score (nSPS) is 10.8. The van der Waals surface area contributed by atoms with Gasteiger partial charge in [-0.2, -0.15) is 0 Å². The highest BCUT2D eigenvalue weighted by molar-refractivity contribution is 5.89. The Morgan fingerprint density at radius 1 is 1.09 bits per heavy atom. The van der Waals surface area contributed by atoms with Crippen molar-refractivity contribution in [2.24, 2.45) is 4.99 Å². The number of nitrogens with zero attached hydrogens (tertiary/aromatic N) is 1. The van der Waals surface area contributed by atoms with E-state index in [4.69, 9.17) is 9.84 Å². The third-order valence-electron chi connectivity index (χ3n) is 3.37. The number of carbonyl (C=O) groups is 1. The molecule has 0 spiro atoms. The SMILES string of the molecule is CCCCCOc1ccc(N=Cc2ccc(C(=O)O)cc2)cc1. The average molecular weight is 311 g/mol. The molecule has 0 fully saturated rings. The van der Waals surface area contributed by atoms with Crippen LogP contribution in [0, 0.1) is 0 Å². The van der Waals surface area contributed by atoms with Crippen molar-refractivity contribution < 1.29 is 14.6 Å². The third kappa shape index (κ3) is 5.58. The van der Waals surface area contributed by atoms with Gasteiger partial charge in [-0.05, 0) is 48.4 Å². The third-order valence-corrected chi connectivity index (χ3v) is 3.37. The lowest BCUT2D eigenvalue weighted by Crippen LogP contribution is -1.96. The van der Waals surface area contributed by atoms with Crippen molar-refractivity contribution in [3.05, 3.63) is 59.7 Å². The maximum Gasteiger partial charge on any atom is 0.335 e. The molecule has 2 rings (SSSR count). The van der Waals surface area contributed by atoms with E-state index in [1.807, 2.05) is 24.3 Å². The molecule has 0 aliphatic rings. The van der Waals surface area contributed by atoms with Crippen LogP contribution < -0.4 is 4.74 Å². The summed E-state index contributed by atoms with van der Waals surface area (Å²) >= 11 is 0. The zero-order valence-electron chi connectivity index (χ0n) is 13.2. The van der Waals surface area contributed by atoms with Crippen molar-refractivity contribution in [3.8, 4) is 5.75 Å². The van der Waals surface area contributed by atoms with Gasteiger partial charge in [0.2, 0.25) is 0 Å². The Labute approximate surface area is 136 Å². The molecule has 0 saturated carbocycles. The highest BCUT2D eigenvalue weighted by Gasteiger charge is 2.00. The molecule has 1 N–H and O–H groups in total. The van der Waals surface area contributed by atoms with Crippen molar-refractivity contribution >= 4 is 17.9 Å². The number of carboxylic acids is 1. The molecule has 120 valence electrons. The fourth-order valence-corrected chi connectivity index (χ4v) is 2.03. The largest absolute Gasteiger partial charge is 0.494 e. The van der Waals surface area contributed by atoms with Gasteiger partial charge >= 0.3 is 5.97 Å². The first kappa shape index (κ1) is 16.7. The lowest BCUT2D eigenvalue weighted by atomic mass is 10.1. The van der Waals surface area contributed by atoms with Gasteiger partial charge in [0.25, 0.3) is 0 Å². The molecular weight excluding hydrogens is 290 g/mol. The van der Waals surface area contributed by atoms with Gasteiger partial charge in [-0.15, -0.1) is 0 Å². The van der Waals surface area contributed by atoms with Crippen LogP contribution in [-0.4, -0.2) is 23.9 Å². The number of carboxylic acid groups (broad SMARTS) is 1. The number of aliphatic imine (C=N–C) groups is 1. The number of unbranched alkanes of at least 4 members (excludes halogenated alkanes) is 2. The zero-order chi connectivity index (χ0) is 16.5. The first-order valence-corrected chi connectivity index (χ1v) is 7.79. The number of hydrogen-bond donors (Lipinski definition) is 1. The molecule has 23 heavy (non-hydrogen) atoms. The summed E-state index contributed by atoms with van der Waals surface area (Å²) in [6, 6.07) is 14.2. The smallest absolute Gasteiger partial charge is 0.335 e. The monoisotopic (exact) mass is 311 g/mol. The fraction of sp³-hybridized carbons (Fsp3) is 0.263. The van der Waals surface area contributed by atoms with Gasteiger partial charge in [-0.3, -0.25) is 4.99 Å². The van der Waals surface area contributed by atoms with Crippen LogP contribution in [-0.2, 0) is 0 Å². The summed E-state index contributed by atoms with van der Waals surface area (Å²) in [5, 5.41) is 8.86. The number of rotatable bonds is 8. The summed E-state index contributed by atoms with van der Waals surface area (Å²) in [5.41, 5.74) is 1.95. The van der Waals surface area contributed by atoms with Crippen LogP contribution in [0.25, 0.3) is 0 Å². The van der Waals surface area contributed by atoms with E-state index < -0.39 is 5.97 Å². The summed E-state index contributed by atoms with van der Waals surface area (Å²) < 4.78 is 5.65. The zero-order valence-corrected chi connectivity index (χ0v) is 13.2. The summed E-state index contributed by atoms with van der Waals surface area (Å²) in [7, 11) is 0. The molecule has 2 aromatic carbocycles. The molecule has 0 atom stereocenters. The van der Waals surface area contributed by atoms with E-state index in [0.29, 0.717) is 0 Å². The second kappa shape index (κ2) is 8.73. The van der Waals surface area contributed by atoms with Crippen molar-refractivity contribution in [1.82, 2.24) is 0 Å². The van der Waals surface area contributed by atoms with E-state index in [2.05, 4.69) is 11.9 Å². The highest BCUT2D eigenvalue weighted by atomic mass is 16.5. The minimum atomic E-state index is -0.928. The van der Waals surface area contributed by atoms with Gasteiger partial charge in [-0.25, -0.2) is 4.79 Å². The summed E-state index contributed by atoms with van der Waals surface area (Å²) in [4.78, 5) is 15.2. The number of hydrogen-bond acceptors (Lipinski definition) is 3. The summed E-state index contributed by atoms with van der Waals surface area (Å²) in [5.74, 6) is -0.0751. The van der Waals surface area contributed by atoms with Gasteiger partial charge in [0.05, 0.1) is 17.9 Å². The van der Waals surface area contributed by atoms with Crippen molar-refractivity contribution in [2.75, 3.05) is 6.61 Å². The summed E-state index contributed by atoms with van der Waals surface area (Å²) in [6.07, 6.45) is 5.15. The Morgan fingerprint density at radius 3 is 2.39 bits per heavy atom. The minimum Gasteiger partial charge on any atom is -0.494 e. The Balaban J connectivity index is 1.90. The summed E-state index contributed by atoms with van der Waals surface area (Å²) in [6.45, 7) is 2.91. The van der Waals surface area contributed by atoms with E-state index in [9.17, 15) is 4.79 Å². The van der Waals surface area contributed by atoms with Crippen LogP contribution in [0.1, 0.15) is 42.1 Å². The quantitative estimate of drug-likeness (QED) is 0.567. The Morgan fingerprint density at radius 2 is 1.78 bits per heavy atom. The molecule has 0 bridgehead atoms. The van der Waals surface area contributed by atoms with Crippen LogP contribution in [0.3, 0.4) is 0 Å². The van der Waals surface area contributed by atoms with Gasteiger partial charge in [0.1, 0.15) is 5.75 Å². The van der Waals surface area contributed by atoms with Gasteiger partial charge < -0.3 is 9.84 Å². The molecule has 0 aromatic heterocycles. The Bertz CT molecular complexity index is 645. The average Bonchev–Trinajstić information content (AvgIpc) is 2.58. The van der Waals surface area contributed by atoms with E-state index in [1.165, 1.54) is 12.8 Å². The number of aromatic carboxylic acids is 1. The minimum absolute atomic E-state index is 0.270.